The Hall–Kier alpha value is -2.98. The maximum absolute atomic E-state index is 12.8. The normalized spacial score (nSPS) is 10.5. The van der Waals surface area contributed by atoms with Gasteiger partial charge in [0.2, 0.25) is 0 Å². The molecule has 0 radical (unpaired) electrons. The van der Waals surface area contributed by atoms with Crippen LogP contribution in [-0.2, 0) is 0 Å². The van der Waals surface area contributed by atoms with Gasteiger partial charge in [-0.15, -0.1) is 0 Å². The van der Waals surface area contributed by atoms with Crippen molar-refractivity contribution in [3.05, 3.63) is 91.5 Å². The molecule has 8 heteroatoms. The SMILES string of the molecule is Cc1cc(I)ccc1N(c1ccccc1)c1ccc([N+](=O)[O-])cc1C(=O)NCCO. The summed E-state index contributed by atoms with van der Waals surface area (Å²) >= 11 is 2.24. The van der Waals surface area contributed by atoms with Gasteiger partial charge in [0.1, 0.15) is 0 Å². The van der Waals surface area contributed by atoms with Gasteiger partial charge in [-0.05, 0) is 71.5 Å². The van der Waals surface area contributed by atoms with Gasteiger partial charge in [-0.1, -0.05) is 18.2 Å². The van der Waals surface area contributed by atoms with Crippen LogP contribution in [0.15, 0.2) is 66.7 Å². The number of halogens is 1. The van der Waals surface area contributed by atoms with E-state index in [1.807, 2.05) is 60.4 Å². The van der Waals surface area contributed by atoms with Crippen molar-refractivity contribution in [3.8, 4) is 0 Å². The van der Waals surface area contributed by atoms with Crippen LogP contribution in [0.5, 0.6) is 0 Å². The van der Waals surface area contributed by atoms with E-state index in [-0.39, 0.29) is 24.4 Å². The molecule has 0 atom stereocenters. The van der Waals surface area contributed by atoms with Crippen molar-refractivity contribution in [1.82, 2.24) is 5.32 Å². The first-order valence-corrected chi connectivity index (χ1v) is 10.3. The molecule has 0 heterocycles. The maximum Gasteiger partial charge on any atom is 0.270 e. The molecule has 3 rings (SSSR count). The van der Waals surface area contributed by atoms with Crippen LogP contribution < -0.4 is 10.2 Å². The highest BCUT2D eigenvalue weighted by Crippen LogP contribution is 2.39. The standard InChI is InChI=1S/C22H20IN3O4/c1-15-13-16(23)7-9-20(15)25(17-5-3-2-4-6-17)21-10-8-18(26(29)30)14-19(21)22(28)24-11-12-27/h2-10,13-14,27H,11-12H2,1H3,(H,24,28). The van der Waals surface area contributed by atoms with Gasteiger partial charge in [0.15, 0.2) is 0 Å². The monoisotopic (exact) mass is 517 g/mol. The summed E-state index contributed by atoms with van der Waals surface area (Å²) in [6.07, 6.45) is 0. The predicted molar refractivity (Wildman–Crippen MR) is 125 cm³/mol. The third kappa shape index (κ3) is 4.77. The topological polar surface area (TPSA) is 95.7 Å². The Labute approximate surface area is 187 Å². The molecule has 0 saturated carbocycles. The molecule has 0 unspecified atom stereocenters. The zero-order valence-electron chi connectivity index (χ0n) is 16.2. The Balaban J connectivity index is 2.24. The molecule has 0 spiro atoms. The highest BCUT2D eigenvalue weighted by Gasteiger charge is 2.23. The first-order valence-electron chi connectivity index (χ1n) is 9.21. The van der Waals surface area contributed by atoms with Gasteiger partial charge in [-0.2, -0.15) is 0 Å². The number of carbonyl (C=O) groups excluding carboxylic acids is 1. The predicted octanol–water partition coefficient (Wildman–Crippen LogP) is 4.70. The number of aliphatic hydroxyl groups is 1. The fourth-order valence-electron chi connectivity index (χ4n) is 3.13. The number of aliphatic hydroxyl groups excluding tert-OH is 1. The van der Waals surface area contributed by atoms with E-state index >= 15 is 0 Å². The van der Waals surface area contributed by atoms with Crippen LogP contribution in [0.3, 0.4) is 0 Å². The number of benzene rings is 3. The van der Waals surface area contributed by atoms with Crippen LogP contribution in [-0.4, -0.2) is 29.1 Å². The van der Waals surface area contributed by atoms with Crippen molar-refractivity contribution in [3.63, 3.8) is 0 Å². The summed E-state index contributed by atoms with van der Waals surface area (Å²) in [4.78, 5) is 25.5. The minimum Gasteiger partial charge on any atom is -0.395 e. The highest BCUT2D eigenvalue weighted by atomic mass is 127. The summed E-state index contributed by atoms with van der Waals surface area (Å²) in [5.41, 5.74) is 3.13. The number of anilines is 3. The van der Waals surface area contributed by atoms with Crippen molar-refractivity contribution < 1.29 is 14.8 Å². The first-order chi connectivity index (χ1) is 14.4. The zero-order chi connectivity index (χ0) is 21.7. The number of nitro groups is 1. The number of nitro benzene ring substituents is 1. The number of hydrogen-bond acceptors (Lipinski definition) is 5. The Morgan fingerprint density at radius 1 is 1.10 bits per heavy atom. The molecule has 0 fully saturated rings. The van der Waals surface area contributed by atoms with E-state index < -0.39 is 10.8 Å². The van der Waals surface area contributed by atoms with Gasteiger partial charge in [0.05, 0.1) is 22.8 Å². The van der Waals surface area contributed by atoms with E-state index in [4.69, 9.17) is 5.11 Å². The smallest absolute Gasteiger partial charge is 0.270 e. The molecule has 2 N–H and O–H groups in total. The molecule has 0 saturated heterocycles. The number of carbonyl (C=O) groups is 1. The minimum atomic E-state index is -0.532. The fraction of sp³-hybridized carbons (Fsp3) is 0.136. The summed E-state index contributed by atoms with van der Waals surface area (Å²) in [6, 6.07) is 19.7. The van der Waals surface area contributed by atoms with Crippen molar-refractivity contribution in [2.24, 2.45) is 0 Å². The zero-order valence-corrected chi connectivity index (χ0v) is 18.4. The number of amides is 1. The largest absolute Gasteiger partial charge is 0.395 e. The lowest BCUT2D eigenvalue weighted by atomic mass is 10.1. The van der Waals surface area contributed by atoms with Gasteiger partial charge >= 0.3 is 0 Å². The second-order valence-corrected chi connectivity index (χ2v) is 7.79. The first kappa shape index (κ1) is 21.7. The van der Waals surface area contributed by atoms with Crippen LogP contribution in [0.25, 0.3) is 0 Å². The average molecular weight is 517 g/mol. The molecule has 0 aliphatic heterocycles. The van der Waals surface area contributed by atoms with E-state index in [0.29, 0.717) is 5.69 Å². The molecule has 0 bridgehead atoms. The maximum atomic E-state index is 12.8. The average Bonchev–Trinajstić information content (AvgIpc) is 2.74. The Bertz CT molecular complexity index is 1070. The number of nitrogens with one attached hydrogen (secondary N) is 1. The summed E-state index contributed by atoms with van der Waals surface area (Å²) in [7, 11) is 0. The van der Waals surface area contributed by atoms with Crippen molar-refractivity contribution in [1.29, 1.82) is 0 Å². The Morgan fingerprint density at radius 3 is 2.43 bits per heavy atom. The summed E-state index contributed by atoms with van der Waals surface area (Å²) in [5, 5.41) is 23.0. The molecule has 0 aromatic heterocycles. The molecular weight excluding hydrogens is 497 g/mol. The van der Waals surface area contributed by atoms with Crippen molar-refractivity contribution in [2.45, 2.75) is 6.92 Å². The van der Waals surface area contributed by atoms with Gasteiger partial charge < -0.3 is 15.3 Å². The molecule has 3 aromatic carbocycles. The summed E-state index contributed by atoms with van der Waals surface area (Å²) in [5.74, 6) is -0.494. The van der Waals surface area contributed by atoms with Crippen LogP contribution >= 0.6 is 22.6 Å². The summed E-state index contributed by atoms with van der Waals surface area (Å²) in [6.45, 7) is 1.80. The van der Waals surface area contributed by atoms with Crippen LogP contribution in [0.1, 0.15) is 15.9 Å². The lowest BCUT2D eigenvalue weighted by molar-refractivity contribution is -0.384. The molecule has 0 aliphatic rings. The molecule has 1 amide bonds. The van der Waals surface area contributed by atoms with Crippen molar-refractivity contribution >= 4 is 51.2 Å². The number of nitrogens with zero attached hydrogens (tertiary/aromatic N) is 2. The van der Waals surface area contributed by atoms with Crippen LogP contribution in [0, 0.1) is 20.6 Å². The molecule has 3 aromatic rings. The highest BCUT2D eigenvalue weighted by molar-refractivity contribution is 14.1. The Morgan fingerprint density at radius 2 is 1.80 bits per heavy atom. The second kappa shape index (κ2) is 9.68. The van der Waals surface area contributed by atoms with E-state index in [2.05, 4.69) is 27.9 Å². The third-order valence-corrected chi connectivity index (χ3v) is 5.16. The van der Waals surface area contributed by atoms with Gasteiger partial charge in [-0.25, -0.2) is 0 Å². The number of non-ortho nitro benzene ring substituents is 1. The summed E-state index contributed by atoms with van der Waals surface area (Å²) < 4.78 is 1.08. The minimum absolute atomic E-state index is 0.0505. The fourth-order valence-corrected chi connectivity index (χ4v) is 3.78. The number of para-hydroxylation sites is 1. The molecule has 30 heavy (non-hydrogen) atoms. The molecule has 7 nitrogen and oxygen atoms in total. The lowest BCUT2D eigenvalue weighted by Gasteiger charge is -2.28. The van der Waals surface area contributed by atoms with Crippen LogP contribution in [0.4, 0.5) is 22.7 Å². The molecule has 154 valence electrons. The van der Waals surface area contributed by atoms with Gasteiger partial charge in [0.25, 0.3) is 11.6 Å². The lowest BCUT2D eigenvalue weighted by Crippen LogP contribution is -2.28. The second-order valence-electron chi connectivity index (χ2n) is 6.54. The van der Waals surface area contributed by atoms with E-state index in [1.54, 1.807) is 6.07 Å². The number of aryl methyl sites for hydroxylation is 1. The van der Waals surface area contributed by atoms with Crippen LogP contribution in [0.2, 0.25) is 0 Å². The third-order valence-electron chi connectivity index (χ3n) is 4.49. The van der Waals surface area contributed by atoms with Crippen molar-refractivity contribution in [2.75, 3.05) is 18.1 Å². The van der Waals surface area contributed by atoms with Gasteiger partial charge in [-0.3, -0.25) is 14.9 Å². The molecule has 0 aliphatic carbocycles. The van der Waals surface area contributed by atoms with E-state index in [0.717, 1.165) is 20.5 Å². The quantitative estimate of drug-likeness (QED) is 0.269. The van der Waals surface area contributed by atoms with E-state index in [9.17, 15) is 14.9 Å². The Kier molecular flexibility index (Phi) is 7.01. The number of rotatable bonds is 7. The number of hydrogen-bond donors (Lipinski definition) is 2. The van der Waals surface area contributed by atoms with E-state index in [1.165, 1.54) is 12.1 Å². The molecular formula is C22H20IN3O4. The van der Waals surface area contributed by atoms with Gasteiger partial charge in [0, 0.05) is 33.6 Å².